The molecule has 0 saturated heterocycles. The summed E-state index contributed by atoms with van der Waals surface area (Å²) < 4.78 is 0. The third-order valence-corrected chi connectivity index (χ3v) is 5.23. The number of H-pyrrole nitrogens is 1. The second kappa shape index (κ2) is 10.6. The Hall–Kier alpha value is -2.64. The van der Waals surface area contributed by atoms with Gasteiger partial charge in [-0.3, -0.25) is 9.89 Å². The number of carbonyl (C=O) groups is 1. The molecule has 2 aromatic carbocycles. The number of amides is 1. The fraction of sp³-hybridized carbons (Fsp3) is 0.286. The third kappa shape index (κ3) is 6.51. The van der Waals surface area contributed by atoms with E-state index in [2.05, 4.69) is 56.7 Å². The van der Waals surface area contributed by atoms with Crippen LogP contribution in [-0.2, 0) is 12.3 Å². The summed E-state index contributed by atoms with van der Waals surface area (Å²) in [6.07, 6.45) is 2.41. The fourth-order valence-corrected chi connectivity index (χ4v) is 3.53. The molecule has 0 aliphatic rings. The molecule has 146 valence electrons. The normalized spacial score (nSPS) is 10.9. The van der Waals surface area contributed by atoms with Crippen LogP contribution in [-0.4, -0.2) is 46.1 Å². The quantitative estimate of drug-likeness (QED) is 0.407. The Kier molecular flexibility index (Phi) is 7.63. The van der Waals surface area contributed by atoms with E-state index in [1.54, 1.807) is 11.8 Å². The summed E-state index contributed by atoms with van der Waals surface area (Å²) in [5, 5.41) is 10.4. The number of aromatic nitrogens is 3. The topological polar surface area (TPSA) is 73.9 Å². The molecule has 2 N–H and O–H groups in total. The first-order valence-corrected chi connectivity index (χ1v) is 10.3. The van der Waals surface area contributed by atoms with Crippen LogP contribution in [0.3, 0.4) is 0 Å². The van der Waals surface area contributed by atoms with E-state index in [1.165, 1.54) is 11.9 Å². The Labute approximate surface area is 169 Å². The minimum absolute atomic E-state index is 0.0276. The molecule has 3 rings (SSSR count). The van der Waals surface area contributed by atoms with Gasteiger partial charge in [-0.05, 0) is 43.3 Å². The monoisotopic (exact) mass is 395 g/mol. The van der Waals surface area contributed by atoms with E-state index in [9.17, 15) is 4.79 Å². The number of nitrogens with one attached hydrogen (secondary N) is 2. The summed E-state index contributed by atoms with van der Waals surface area (Å²) in [6.45, 7) is 2.52. The van der Waals surface area contributed by atoms with Crippen LogP contribution in [0.4, 0.5) is 0 Å². The number of hydrogen-bond acceptors (Lipinski definition) is 5. The van der Waals surface area contributed by atoms with Crippen LogP contribution < -0.4 is 5.32 Å². The highest BCUT2D eigenvalue weighted by molar-refractivity contribution is 7.98. The van der Waals surface area contributed by atoms with Gasteiger partial charge in [0.2, 0.25) is 0 Å². The zero-order chi connectivity index (χ0) is 19.6. The van der Waals surface area contributed by atoms with E-state index in [1.807, 2.05) is 30.3 Å². The number of thioether (sulfide) groups is 1. The van der Waals surface area contributed by atoms with Gasteiger partial charge in [-0.15, -0.1) is 0 Å². The lowest BCUT2D eigenvalue weighted by atomic mass is 10.1. The molecular formula is C21H25N5OS. The van der Waals surface area contributed by atoms with Crippen molar-refractivity contribution < 1.29 is 4.79 Å². The molecule has 0 aliphatic carbocycles. The maximum atomic E-state index is 12.3. The van der Waals surface area contributed by atoms with Crippen molar-refractivity contribution in [1.82, 2.24) is 25.4 Å². The molecule has 0 atom stereocenters. The highest BCUT2D eigenvalue weighted by Gasteiger charge is 2.06. The Balaban J connectivity index is 1.35. The third-order valence-electron chi connectivity index (χ3n) is 4.28. The summed E-state index contributed by atoms with van der Waals surface area (Å²) in [5.74, 6) is 0.755. The van der Waals surface area contributed by atoms with Crippen molar-refractivity contribution in [1.29, 1.82) is 0 Å². The predicted molar refractivity (Wildman–Crippen MR) is 112 cm³/mol. The van der Waals surface area contributed by atoms with Crippen molar-refractivity contribution in [3.8, 4) is 0 Å². The van der Waals surface area contributed by atoms with Gasteiger partial charge in [0.1, 0.15) is 6.33 Å². The van der Waals surface area contributed by atoms with Crippen LogP contribution in [0, 0.1) is 0 Å². The van der Waals surface area contributed by atoms with Crippen LogP contribution in [0.5, 0.6) is 0 Å². The first kappa shape index (κ1) is 20.1. The van der Waals surface area contributed by atoms with E-state index in [-0.39, 0.29) is 5.91 Å². The Morgan fingerprint density at radius 2 is 1.89 bits per heavy atom. The van der Waals surface area contributed by atoms with Crippen molar-refractivity contribution in [2.24, 2.45) is 0 Å². The first-order valence-electron chi connectivity index (χ1n) is 9.28. The van der Waals surface area contributed by atoms with Gasteiger partial charge in [0.05, 0.1) is 0 Å². The molecule has 1 amide bonds. The molecule has 7 heteroatoms. The summed E-state index contributed by atoms with van der Waals surface area (Å²) in [7, 11) is 2.10. The summed E-state index contributed by atoms with van der Waals surface area (Å²) in [5.41, 5.74) is 3.13. The van der Waals surface area contributed by atoms with E-state index >= 15 is 0 Å². The molecule has 1 heterocycles. The second-order valence-corrected chi connectivity index (χ2v) is 7.57. The molecule has 28 heavy (non-hydrogen) atoms. The highest BCUT2D eigenvalue weighted by atomic mass is 32.2. The number of nitrogens with zero attached hydrogens (tertiary/aromatic N) is 3. The Bertz CT molecular complexity index is 837. The predicted octanol–water partition coefficient (Wildman–Crippen LogP) is 3.35. The lowest BCUT2D eigenvalue weighted by Gasteiger charge is -2.16. The van der Waals surface area contributed by atoms with Gasteiger partial charge in [0, 0.05) is 24.4 Å². The maximum absolute atomic E-state index is 12.3. The van der Waals surface area contributed by atoms with E-state index in [0.29, 0.717) is 12.1 Å². The van der Waals surface area contributed by atoms with Crippen LogP contribution in [0.1, 0.15) is 27.9 Å². The van der Waals surface area contributed by atoms with Gasteiger partial charge in [0.15, 0.2) is 5.16 Å². The van der Waals surface area contributed by atoms with E-state index in [4.69, 9.17) is 0 Å². The Morgan fingerprint density at radius 3 is 2.61 bits per heavy atom. The second-order valence-electron chi connectivity index (χ2n) is 6.61. The molecule has 0 fully saturated rings. The SMILES string of the molecule is CN(CCCNC(=O)c1ccc(CSc2ncn[nH]2)cc1)Cc1ccccc1. The number of hydrogen-bond donors (Lipinski definition) is 2. The number of benzene rings is 2. The van der Waals surface area contributed by atoms with Gasteiger partial charge in [-0.2, -0.15) is 5.10 Å². The lowest BCUT2D eigenvalue weighted by Crippen LogP contribution is -2.28. The zero-order valence-corrected chi connectivity index (χ0v) is 16.8. The van der Waals surface area contributed by atoms with Gasteiger partial charge in [0.25, 0.3) is 5.91 Å². The molecule has 0 unspecified atom stereocenters. The van der Waals surface area contributed by atoms with Crippen LogP contribution >= 0.6 is 11.8 Å². The standard InChI is InChI=1S/C21H25N5OS/c1-26(14-17-6-3-2-4-7-17)13-5-12-22-20(27)19-10-8-18(9-11-19)15-28-21-23-16-24-25-21/h2-4,6-11,16H,5,12-15H2,1H3,(H,22,27)(H,23,24,25). The number of aromatic amines is 1. The van der Waals surface area contributed by atoms with E-state index < -0.39 is 0 Å². The summed E-state index contributed by atoms with van der Waals surface area (Å²) >= 11 is 1.58. The van der Waals surface area contributed by atoms with Crippen LogP contribution in [0.2, 0.25) is 0 Å². The van der Waals surface area contributed by atoms with Crippen LogP contribution in [0.15, 0.2) is 66.1 Å². The minimum atomic E-state index is -0.0276. The smallest absolute Gasteiger partial charge is 0.251 e. The number of rotatable bonds is 10. The molecule has 0 saturated carbocycles. The number of carbonyl (C=O) groups excluding carboxylic acids is 1. The summed E-state index contributed by atoms with van der Waals surface area (Å²) in [6, 6.07) is 18.1. The zero-order valence-electron chi connectivity index (χ0n) is 16.0. The van der Waals surface area contributed by atoms with Crippen molar-refractivity contribution in [2.45, 2.75) is 23.9 Å². The molecule has 0 spiro atoms. The average Bonchev–Trinajstić information content (AvgIpc) is 3.24. The molecular weight excluding hydrogens is 370 g/mol. The molecule has 6 nitrogen and oxygen atoms in total. The van der Waals surface area contributed by atoms with Gasteiger partial charge < -0.3 is 10.2 Å². The largest absolute Gasteiger partial charge is 0.352 e. The van der Waals surface area contributed by atoms with E-state index in [0.717, 1.165) is 36.0 Å². The Morgan fingerprint density at radius 1 is 1.11 bits per heavy atom. The molecule has 1 aromatic heterocycles. The molecule has 3 aromatic rings. The lowest BCUT2D eigenvalue weighted by molar-refractivity contribution is 0.0952. The maximum Gasteiger partial charge on any atom is 0.251 e. The van der Waals surface area contributed by atoms with Crippen molar-refractivity contribution in [3.63, 3.8) is 0 Å². The van der Waals surface area contributed by atoms with Gasteiger partial charge in [-0.25, -0.2) is 4.98 Å². The molecule has 0 bridgehead atoms. The summed E-state index contributed by atoms with van der Waals surface area (Å²) in [4.78, 5) is 18.6. The van der Waals surface area contributed by atoms with Gasteiger partial charge >= 0.3 is 0 Å². The van der Waals surface area contributed by atoms with Crippen molar-refractivity contribution >= 4 is 17.7 Å². The minimum Gasteiger partial charge on any atom is -0.352 e. The van der Waals surface area contributed by atoms with Crippen LogP contribution in [0.25, 0.3) is 0 Å². The highest BCUT2D eigenvalue weighted by Crippen LogP contribution is 2.18. The first-order chi connectivity index (χ1) is 13.7. The molecule has 0 aliphatic heterocycles. The molecule has 0 radical (unpaired) electrons. The fourth-order valence-electron chi connectivity index (χ4n) is 2.79. The average molecular weight is 396 g/mol. The van der Waals surface area contributed by atoms with Gasteiger partial charge in [-0.1, -0.05) is 54.2 Å². The van der Waals surface area contributed by atoms with Crippen molar-refractivity contribution in [2.75, 3.05) is 20.1 Å². The van der Waals surface area contributed by atoms with Crippen molar-refractivity contribution in [3.05, 3.63) is 77.6 Å².